The third-order valence-electron chi connectivity index (χ3n) is 9.91. The number of alkyl carbamates (subject to hydrolysis) is 1. The molecule has 9 N–H and O–H groups in total. The number of hydrogen-bond donors (Lipinski definition) is 7. The maximum Gasteiger partial charge on any atom is 0.472 e. The number of hydrogen-bond acceptors (Lipinski definition) is 24. The van der Waals surface area contributed by atoms with Gasteiger partial charge in [-0.2, -0.15) is 4.98 Å². The van der Waals surface area contributed by atoms with Crippen LogP contribution in [0, 0.1) is 17.0 Å². The highest BCUT2D eigenvalue weighted by Gasteiger charge is 2.50. The first-order chi connectivity index (χ1) is 32.3. The number of phosphoric ester groups is 2. The number of nitrogens with one attached hydrogen (secondary N) is 1. The zero-order chi connectivity index (χ0) is 50.6. The minimum Gasteiger partial charge on any atom is -0.496 e. The van der Waals surface area contributed by atoms with Crippen molar-refractivity contribution in [1.29, 1.82) is 0 Å². The van der Waals surface area contributed by atoms with E-state index in [4.69, 9.17) is 44.2 Å². The van der Waals surface area contributed by atoms with Gasteiger partial charge < -0.3 is 60.3 Å². The molecule has 2 saturated heterocycles. The minimum atomic E-state index is -5.30. The second-order valence-corrected chi connectivity index (χ2v) is 21.9. The molecule has 29 nitrogen and oxygen atoms in total. The smallest absolute Gasteiger partial charge is 0.472 e. The van der Waals surface area contributed by atoms with Crippen LogP contribution in [0.5, 0.6) is 5.75 Å². The van der Waals surface area contributed by atoms with Crippen molar-refractivity contribution in [3.05, 3.63) is 68.8 Å². The summed E-state index contributed by atoms with van der Waals surface area (Å²) in [5.74, 6) is -1.18. The van der Waals surface area contributed by atoms with E-state index in [2.05, 4.69) is 29.8 Å². The summed E-state index contributed by atoms with van der Waals surface area (Å²) < 4.78 is 70.5. The number of amides is 1. The van der Waals surface area contributed by atoms with Gasteiger partial charge in [0.1, 0.15) is 66.7 Å². The molecule has 1 aromatic carbocycles. The summed E-state index contributed by atoms with van der Waals surface area (Å²) >= 11 is 0. The first kappa shape index (κ1) is 53.3. The SMILES string of the molecule is COc1cc(COC(=O)N[C@@H](CSSC(C)(C)C)C(=O)O[C@H]2[C@@H](O)[C@H](n3cnc4c(N)ncnc43)O[C@@H]2COP(=O)(O)O[C@H]2C[C@H](n3ccc(N)nc3=O)O[C@@H]2COP(=O)(O)O)c([N+](=O)[O-])cc1C. The molecule has 33 heteroatoms. The van der Waals surface area contributed by atoms with Gasteiger partial charge in [0.15, 0.2) is 23.8 Å². The van der Waals surface area contributed by atoms with Crippen molar-refractivity contribution >= 4 is 77.8 Å². The quantitative estimate of drug-likeness (QED) is 0.0219. The summed E-state index contributed by atoms with van der Waals surface area (Å²) in [6.07, 6.45) is -9.01. The number of carbonyl (C=O) groups is 2. The molecule has 6 rings (SSSR count). The average molecular weight is 1050 g/mol. The highest BCUT2D eigenvalue weighted by atomic mass is 33.1. The van der Waals surface area contributed by atoms with Gasteiger partial charge in [0.05, 0.1) is 37.1 Å². The van der Waals surface area contributed by atoms with Gasteiger partial charge in [0.25, 0.3) is 5.69 Å². The summed E-state index contributed by atoms with van der Waals surface area (Å²) in [4.78, 5) is 96.7. The summed E-state index contributed by atoms with van der Waals surface area (Å²) in [7, 11) is -6.54. The Morgan fingerprint density at radius 1 is 1.09 bits per heavy atom. The summed E-state index contributed by atoms with van der Waals surface area (Å²) in [6, 6.07) is 2.32. The fraction of sp³-hybridized carbons (Fsp3) is 0.528. The van der Waals surface area contributed by atoms with Crippen LogP contribution in [0.4, 0.5) is 22.1 Å². The number of nitro benzene ring substituents is 1. The zero-order valence-electron chi connectivity index (χ0n) is 37.0. The molecular weight excluding hydrogens is 1000 g/mol. The van der Waals surface area contributed by atoms with Crippen molar-refractivity contribution in [1.82, 2.24) is 34.4 Å². The van der Waals surface area contributed by atoms with E-state index in [1.807, 2.05) is 20.8 Å². The third-order valence-corrected chi connectivity index (χ3v) is 14.8. The van der Waals surface area contributed by atoms with Crippen LogP contribution in [-0.4, -0.2) is 133 Å². The first-order valence-corrected chi connectivity index (χ1v) is 25.6. The Balaban J connectivity index is 1.23. The van der Waals surface area contributed by atoms with Crippen molar-refractivity contribution in [2.75, 3.05) is 37.5 Å². The molecule has 9 atom stereocenters. The monoisotopic (exact) mass is 1050 g/mol. The summed E-state index contributed by atoms with van der Waals surface area (Å²) in [6.45, 7) is 4.83. The number of aliphatic hydroxyl groups is 1. The first-order valence-electron chi connectivity index (χ1n) is 20.2. The molecule has 2 aliphatic rings. The Kier molecular flexibility index (Phi) is 17.0. The second-order valence-electron chi connectivity index (χ2n) is 16.1. The van der Waals surface area contributed by atoms with E-state index in [1.54, 1.807) is 6.92 Å². The molecule has 4 aromatic rings. The molecular formula is C36H48N10O19P2S2. The predicted octanol–water partition coefficient (Wildman–Crippen LogP) is 2.02. The maximum atomic E-state index is 14.1. The molecule has 0 aliphatic carbocycles. The number of carbonyl (C=O) groups excluding carboxylic acids is 2. The number of rotatable bonds is 20. The number of benzene rings is 1. The van der Waals surface area contributed by atoms with Gasteiger partial charge in [-0.25, -0.2) is 38.5 Å². The molecule has 3 aromatic heterocycles. The topological polar surface area (TPSA) is 409 Å². The van der Waals surface area contributed by atoms with Gasteiger partial charge in [-0.1, -0.05) is 42.4 Å². The molecule has 1 unspecified atom stereocenters. The molecule has 378 valence electrons. The number of methoxy groups -OCH3 is 1. The maximum absolute atomic E-state index is 14.1. The number of aryl methyl sites for hydroxylation is 1. The lowest BCUT2D eigenvalue weighted by Gasteiger charge is -2.26. The van der Waals surface area contributed by atoms with Crippen molar-refractivity contribution in [2.24, 2.45) is 0 Å². The molecule has 2 fully saturated rings. The van der Waals surface area contributed by atoms with E-state index < -0.39 is 107 Å². The molecule has 5 heterocycles. The normalized spacial score (nSPS) is 23.1. The molecule has 0 spiro atoms. The summed E-state index contributed by atoms with van der Waals surface area (Å²) in [5.41, 5.74) is 10.9. The Labute approximate surface area is 398 Å². The summed E-state index contributed by atoms with van der Waals surface area (Å²) in [5, 5.41) is 26.0. The molecule has 1 amide bonds. The third kappa shape index (κ3) is 13.9. The second kappa shape index (κ2) is 22.0. The van der Waals surface area contributed by atoms with E-state index in [-0.39, 0.29) is 56.7 Å². The largest absolute Gasteiger partial charge is 0.496 e. The number of aliphatic hydroxyl groups excluding tert-OH is 1. The van der Waals surface area contributed by atoms with Crippen LogP contribution in [0.3, 0.4) is 0 Å². The lowest BCUT2D eigenvalue weighted by molar-refractivity contribution is -0.385. The highest BCUT2D eigenvalue weighted by molar-refractivity contribution is 8.77. The number of fused-ring (bicyclic) bond motifs is 1. The number of nitrogen functional groups attached to an aromatic ring is 2. The van der Waals surface area contributed by atoms with Crippen molar-refractivity contribution < 1.29 is 80.7 Å². The van der Waals surface area contributed by atoms with Crippen LogP contribution in [0.25, 0.3) is 11.2 Å². The fourth-order valence-electron chi connectivity index (χ4n) is 6.81. The van der Waals surface area contributed by atoms with Crippen molar-refractivity contribution in [3.8, 4) is 5.75 Å². The van der Waals surface area contributed by atoms with E-state index in [0.717, 1.165) is 10.9 Å². The highest BCUT2D eigenvalue weighted by Crippen LogP contribution is 2.50. The number of anilines is 2. The molecule has 69 heavy (non-hydrogen) atoms. The Hall–Kier alpha value is -5.01. The standard InChI is InChI=1S/C36H48N10O19P2S2/c1-17-8-20(46(51)52)18(9-21(17)58-5)11-59-35(50)42-19(14-68-69-36(2,3)4)33(48)64-29-24(63-32(28(29)47)45-16-41-27-30(38)39-15-40-31(27)45)13-61-67(56,57)65-22-10-26(44-7-6-25(37)43-34(44)49)62-23(22)12-60-66(53,54)55/h6-9,15-16,19,22-24,26,28-29,32,47H,10-14H2,1-5H3,(H,42,50)(H,56,57)(H2,37,43,49)(H2,38,39,40)(H2,53,54,55)/t19-,22-,23+,24+,26+,28+,29+,32+/m0/s1. The number of imidazole rings is 1. The van der Waals surface area contributed by atoms with Crippen molar-refractivity contribution in [2.45, 2.75) is 94.5 Å². The molecule has 0 saturated carbocycles. The average Bonchev–Trinajstić information content (AvgIpc) is 3.95. The lowest BCUT2D eigenvalue weighted by Crippen LogP contribution is -2.48. The Morgan fingerprint density at radius 2 is 1.81 bits per heavy atom. The van der Waals surface area contributed by atoms with Gasteiger partial charge in [0.2, 0.25) is 0 Å². The minimum absolute atomic E-state index is 0.0152. The van der Waals surface area contributed by atoms with Gasteiger partial charge in [-0.3, -0.25) is 32.8 Å². The van der Waals surface area contributed by atoms with E-state index in [9.17, 15) is 53.4 Å². The fourth-order valence-corrected chi connectivity index (χ4v) is 10.6. The van der Waals surface area contributed by atoms with Crippen LogP contribution >= 0.6 is 37.2 Å². The van der Waals surface area contributed by atoms with E-state index >= 15 is 0 Å². The van der Waals surface area contributed by atoms with Crippen molar-refractivity contribution in [3.63, 3.8) is 0 Å². The van der Waals surface area contributed by atoms with Gasteiger partial charge >= 0.3 is 33.4 Å². The number of aromatic nitrogens is 6. The Morgan fingerprint density at radius 3 is 2.48 bits per heavy atom. The number of phosphoric acid groups is 2. The van der Waals surface area contributed by atoms with Crippen LogP contribution in [0.2, 0.25) is 0 Å². The van der Waals surface area contributed by atoms with Crippen LogP contribution < -0.4 is 27.2 Å². The number of nitrogens with zero attached hydrogens (tertiary/aromatic N) is 7. The van der Waals surface area contributed by atoms with E-state index in [1.165, 1.54) is 64.0 Å². The number of nitrogens with two attached hydrogens (primary N) is 2. The number of esters is 1. The Bertz CT molecular complexity index is 2690. The predicted molar refractivity (Wildman–Crippen MR) is 241 cm³/mol. The van der Waals surface area contributed by atoms with Gasteiger partial charge in [0, 0.05) is 29.2 Å². The number of ether oxygens (including phenoxy) is 5. The van der Waals surface area contributed by atoms with Gasteiger partial charge in [-0.15, -0.1) is 0 Å². The molecule has 0 radical (unpaired) electrons. The zero-order valence-corrected chi connectivity index (χ0v) is 40.4. The van der Waals surface area contributed by atoms with Crippen LogP contribution in [-0.2, 0) is 53.1 Å². The van der Waals surface area contributed by atoms with Gasteiger partial charge in [-0.05, 0) is 24.6 Å². The lowest BCUT2D eigenvalue weighted by atomic mass is 10.1. The molecule has 2 aliphatic heterocycles. The van der Waals surface area contributed by atoms with E-state index in [0.29, 0.717) is 5.56 Å². The van der Waals surface area contributed by atoms with Crippen LogP contribution in [0.1, 0.15) is 50.8 Å². The van der Waals surface area contributed by atoms with Crippen LogP contribution in [0.15, 0.2) is 41.8 Å². The molecule has 0 bridgehead atoms. The number of nitro groups is 1.